The number of aromatic nitrogens is 4. The maximum Gasteiger partial charge on any atom is 0.306 e. The van der Waals surface area contributed by atoms with Gasteiger partial charge in [-0.1, -0.05) is 0 Å². The van der Waals surface area contributed by atoms with Crippen molar-refractivity contribution in [2.75, 3.05) is 44.7 Å². The van der Waals surface area contributed by atoms with Crippen LogP contribution >= 0.6 is 0 Å². The average Bonchev–Trinajstić information content (AvgIpc) is 3.36. The molecule has 0 saturated carbocycles. The van der Waals surface area contributed by atoms with Gasteiger partial charge in [0.25, 0.3) is 0 Å². The number of rotatable bonds is 10. The van der Waals surface area contributed by atoms with Gasteiger partial charge < -0.3 is 19.9 Å². The minimum absolute atomic E-state index is 0.0278. The van der Waals surface area contributed by atoms with Gasteiger partial charge >= 0.3 is 5.84 Å². The number of aliphatic hydroxyl groups excluding tert-OH is 2. The molecule has 0 spiro atoms. The molecule has 0 aliphatic heterocycles. The molecule has 1 aromatic carbocycles. The lowest BCUT2D eigenvalue weighted by Crippen LogP contribution is -2.34. The van der Waals surface area contributed by atoms with Crippen molar-refractivity contribution in [1.29, 1.82) is 0 Å². The Morgan fingerprint density at radius 1 is 1.03 bits per heavy atom. The lowest BCUT2D eigenvalue weighted by molar-refractivity contribution is 0.165. The van der Waals surface area contributed by atoms with Crippen LogP contribution in [0.25, 0.3) is 28.5 Å². The maximum absolute atomic E-state index is 13.4. The second-order valence-electron chi connectivity index (χ2n) is 6.85. The van der Waals surface area contributed by atoms with E-state index in [0.717, 1.165) is 5.56 Å². The summed E-state index contributed by atoms with van der Waals surface area (Å²) in [6.07, 6.45) is 4.94. The highest BCUT2D eigenvalue weighted by Crippen LogP contribution is 2.32. The van der Waals surface area contributed by atoms with Crippen LogP contribution in [0.15, 0.2) is 53.4 Å². The van der Waals surface area contributed by atoms with Crippen molar-refractivity contribution in [3.05, 3.63) is 54.8 Å². The zero-order valence-electron chi connectivity index (χ0n) is 16.8. The minimum atomic E-state index is -0.321. The first-order valence-electron chi connectivity index (χ1n) is 9.92. The second kappa shape index (κ2) is 9.65. The van der Waals surface area contributed by atoms with E-state index < -0.39 is 0 Å². The Morgan fingerprint density at radius 2 is 1.81 bits per heavy atom. The summed E-state index contributed by atoms with van der Waals surface area (Å²) in [5, 5.41) is 21.4. The fourth-order valence-corrected chi connectivity index (χ4v) is 3.36. The summed E-state index contributed by atoms with van der Waals surface area (Å²) >= 11 is 0. The van der Waals surface area contributed by atoms with E-state index in [1.165, 1.54) is 18.4 Å². The second-order valence-corrected chi connectivity index (χ2v) is 6.85. The molecule has 4 aromatic rings. The first-order valence-corrected chi connectivity index (χ1v) is 9.92. The number of imidazole rings is 1. The normalized spacial score (nSPS) is 11.5. The Bertz CT molecular complexity index is 1120. The molecular weight excluding hydrogens is 403 g/mol. The van der Waals surface area contributed by atoms with Gasteiger partial charge in [0.05, 0.1) is 18.9 Å². The molecule has 3 heterocycles. The van der Waals surface area contributed by atoms with Crippen molar-refractivity contribution in [3.8, 4) is 22.6 Å². The van der Waals surface area contributed by atoms with Crippen LogP contribution in [0.5, 0.6) is 0 Å². The molecule has 0 bridgehead atoms. The molecule has 0 saturated heterocycles. The van der Waals surface area contributed by atoms with Crippen LogP contribution in [-0.2, 0) is 0 Å². The highest BCUT2D eigenvalue weighted by Gasteiger charge is 2.19. The standard InChI is InChI=1S/C21H23FN6O3/c22-16-3-1-15(2-4-16)18-19(28-11-14-31-21(28)26-18)17-5-6-23-20(25-17)24-7-8-27(9-12-29)10-13-30/h1-6,11,14,29-30H,7-10,12-13H2,(H,23,24,25). The first kappa shape index (κ1) is 20.9. The molecule has 0 atom stereocenters. The largest absolute Gasteiger partial charge is 0.432 e. The van der Waals surface area contributed by atoms with Crippen molar-refractivity contribution in [3.63, 3.8) is 0 Å². The summed E-state index contributed by atoms with van der Waals surface area (Å²) < 4.78 is 20.6. The predicted octanol–water partition coefficient (Wildman–Crippen LogP) is 1.89. The van der Waals surface area contributed by atoms with E-state index >= 15 is 0 Å². The number of hydrogen-bond donors (Lipinski definition) is 3. The SMILES string of the molecule is OCCN(CCO)CCNc1nccc(-c2c(-c3ccc(F)cc3)nc3occn23)n1. The maximum atomic E-state index is 13.4. The van der Waals surface area contributed by atoms with E-state index in [-0.39, 0.29) is 19.0 Å². The van der Waals surface area contributed by atoms with E-state index in [0.29, 0.717) is 55.1 Å². The van der Waals surface area contributed by atoms with E-state index in [1.807, 2.05) is 4.90 Å². The number of anilines is 1. The van der Waals surface area contributed by atoms with Gasteiger partial charge in [0.2, 0.25) is 5.95 Å². The summed E-state index contributed by atoms with van der Waals surface area (Å²) in [5.41, 5.74) is 2.71. The molecule has 9 nitrogen and oxygen atoms in total. The molecular formula is C21H23FN6O3. The lowest BCUT2D eigenvalue weighted by atomic mass is 10.1. The molecule has 0 aliphatic carbocycles. The number of aliphatic hydroxyl groups is 2. The van der Waals surface area contributed by atoms with Crippen LogP contribution in [0.4, 0.5) is 10.3 Å². The van der Waals surface area contributed by atoms with Crippen LogP contribution in [0.2, 0.25) is 0 Å². The Morgan fingerprint density at radius 3 is 2.55 bits per heavy atom. The van der Waals surface area contributed by atoms with Crippen molar-refractivity contribution < 1.29 is 19.0 Å². The summed E-state index contributed by atoms with van der Waals surface area (Å²) in [6.45, 7) is 2.19. The number of oxazole rings is 1. The summed E-state index contributed by atoms with van der Waals surface area (Å²) in [4.78, 5) is 15.4. The first-order chi connectivity index (χ1) is 15.2. The summed E-state index contributed by atoms with van der Waals surface area (Å²) in [6, 6.07) is 7.88. The summed E-state index contributed by atoms with van der Waals surface area (Å²) in [5.74, 6) is 0.526. The Hall–Kier alpha value is -3.34. The zero-order chi connectivity index (χ0) is 21.6. The fraction of sp³-hybridized carbons (Fsp3) is 0.286. The van der Waals surface area contributed by atoms with Gasteiger partial charge in [-0.15, -0.1) is 0 Å². The average molecular weight is 426 g/mol. The molecule has 3 N–H and O–H groups in total. The molecule has 0 radical (unpaired) electrons. The van der Waals surface area contributed by atoms with Gasteiger partial charge in [0, 0.05) is 44.1 Å². The van der Waals surface area contributed by atoms with Gasteiger partial charge in [-0.3, -0.25) is 9.30 Å². The monoisotopic (exact) mass is 426 g/mol. The number of nitrogens with zero attached hydrogens (tertiary/aromatic N) is 5. The number of halogens is 1. The van der Waals surface area contributed by atoms with Crippen molar-refractivity contribution in [1.82, 2.24) is 24.3 Å². The molecule has 4 rings (SSSR count). The van der Waals surface area contributed by atoms with E-state index in [4.69, 9.17) is 14.6 Å². The third-order valence-electron chi connectivity index (χ3n) is 4.82. The van der Waals surface area contributed by atoms with E-state index in [9.17, 15) is 4.39 Å². The van der Waals surface area contributed by atoms with Gasteiger partial charge in [-0.25, -0.2) is 14.4 Å². The van der Waals surface area contributed by atoms with E-state index in [1.54, 1.807) is 35.0 Å². The third-order valence-corrected chi connectivity index (χ3v) is 4.82. The molecule has 0 fully saturated rings. The van der Waals surface area contributed by atoms with Crippen molar-refractivity contribution >= 4 is 11.8 Å². The van der Waals surface area contributed by atoms with Gasteiger partial charge in [0.1, 0.15) is 23.5 Å². The van der Waals surface area contributed by atoms with Crippen LogP contribution in [0, 0.1) is 5.82 Å². The highest BCUT2D eigenvalue weighted by molar-refractivity contribution is 5.79. The summed E-state index contributed by atoms with van der Waals surface area (Å²) in [7, 11) is 0. The van der Waals surface area contributed by atoms with Gasteiger partial charge in [-0.2, -0.15) is 4.98 Å². The van der Waals surface area contributed by atoms with Crippen LogP contribution in [0.1, 0.15) is 0 Å². The van der Waals surface area contributed by atoms with Crippen LogP contribution in [0.3, 0.4) is 0 Å². The Labute approximate surface area is 177 Å². The number of hydrogen-bond acceptors (Lipinski definition) is 8. The number of benzene rings is 1. The molecule has 31 heavy (non-hydrogen) atoms. The van der Waals surface area contributed by atoms with Crippen LogP contribution in [-0.4, -0.2) is 73.9 Å². The minimum Gasteiger partial charge on any atom is -0.432 e. The molecule has 162 valence electrons. The molecule has 0 unspecified atom stereocenters. The van der Waals surface area contributed by atoms with E-state index in [2.05, 4.69) is 20.3 Å². The van der Waals surface area contributed by atoms with Crippen molar-refractivity contribution in [2.45, 2.75) is 0 Å². The number of nitrogens with one attached hydrogen (secondary N) is 1. The fourth-order valence-electron chi connectivity index (χ4n) is 3.36. The molecule has 3 aromatic heterocycles. The third kappa shape index (κ3) is 4.71. The van der Waals surface area contributed by atoms with Crippen LogP contribution < -0.4 is 5.32 Å². The Balaban J connectivity index is 1.59. The Kier molecular flexibility index (Phi) is 6.51. The topological polar surface area (TPSA) is 112 Å². The highest BCUT2D eigenvalue weighted by atomic mass is 19.1. The quantitative estimate of drug-likeness (QED) is 0.353. The smallest absolute Gasteiger partial charge is 0.306 e. The predicted molar refractivity (Wildman–Crippen MR) is 113 cm³/mol. The molecule has 10 heteroatoms. The molecule has 0 amide bonds. The van der Waals surface area contributed by atoms with Crippen molar-refractivity contribution in [2.24, 2.45) is 0 Å². The van der Waals surface area contributed by atoms with Gasteiger partial charge in [-0.05, 0) is 30.3 Å². The lowest BCUT2D eigenvalue weighted by Gasteiger charge is -2.20. The van der Waals surface area contributed by atoms with Gasteiger partial charge in [0.15, 0.2) is 0 Å². The zero-order valence-corrected chi connectivity index (χ0v) is 16.8. The number of fused-ring (bicyclic) bond motifs is 1. The molecule has 0 aliphatic rings.